The number of amides is 1. The molecule has 1 aliphatic rings. The van der Waals surface area contributed by atoms with Crippen molar-refractivity contribution in [3.8, 4) is 12.3 Å². The number of terminal acetylenes is 1. The van der Waals surface area contributed by atoms with E-state index in [0.29, 0.717) is 5.57 Å². The van der Waals surface area contributed by atoms with Crippen molar-refractivity contribution in [3.05, 3.63) is 35.1 Å². The average molecular weight is 344 g/mol. The summed E-state index contributed by atoms with van der Waals surface area (Å²) in [5, 5.41) is 0. The van der Waals surface area contributed by atoms with Gasteiger partial charge in [0, 0.05) is 30.4 Å². The van der Waals surface area contributed by atoms with Gasteiger partial charge in [0.1, 0.15) is 0 Å². The van der Waals surface area contributed by atoms with Gasteiger partial charge in [0.2, 0.25) is 5.91 Å². The fourth-order valence-corrected chi connectivity index (χ4v) is 2.69. The maximum atomic E-state index is 11.3. The summed E-state index contributed by atoms with van der Waals surface area (Å²) in [7, 11) is 1.78. The molecule has 1 unspecified atom stereocenters. The van der Waals surface area contributed by atoms with Gasteiger partial charge in [-0.1, -0.05) is 31.1 Å². The van der Waals surface area contributed by atoms with E-state index >= 15 is 0 Å². The Hall–Kier alpha value is -2.28. The van der Waals surface area contributed by atoms with Gasteiger partial charge in [-0.2, -0.15) is 0 Å². The predicted molar refractivity (Wildman–Crippen MR) is 108 cm³/mol. The highest BCUT2D eigenvalue weighted by molar-refractivity contribution is 5.91. The zero-order valence-electron chi connectivity index (χ0n) is 16.4. The van der Waals surface area contributed by atoms with Crippen LogP contribution in [0.5, 0.6) is 0 Å². The van der Waals surface area contributed by atoms with Crippen LogP contribution in [0.15, 0.2) is 40.1 Å². The van der Waals surface area contributed by atoms with E-state index in [9.17, 15) is 4.79 Å². The van der Waals surface area contributed by atoms with Crippen LogP contribution in [0.1, 0.15) is 53.4 Å². The zero-order valence-corrected chi connectivity index (χ0v) is 16.4. The number of carbonyl (C=O) groups is 1. The highest BCUT2D eigenvalue weighted by Crippen LogP contribution is 2.28. The minimum Gasteiger partial charge on any atom is -0.367 e. The Bertz CT molecular complexity index is 576. The number of hydrogen-bond donors (Lipinski definition) is 1. The van der Waals surface area contributed by atoms with E-state index in [4.69, 9.17) is 12.2 Å². The van der Waals surface area contributed by atoms with E-state index in [1.165, 1.54) is 0 Å². The second-order valence-corrected chi connectivity index (χ2v) is 5.88. The van der Waals surface area contributed by atoms with Gasteiger partial charge in [0.15, 0.2) is 0 Å². The summed E-state index contributed by atoms with van der Waals surface area (Å²) in [6.45, 7) is 8.69. The molecule has 138 valence electrons. The number of nitrogens with two attached hydrogens (primary N) is 1. The second kappa shape index (κ2) is 13.1. The molecule has 4 heteroatoms. The third-order valence-electron chi connectivity index (χ3n) is 4.20. The van der Waals surface area contributed by atoms with Crippen LogP contribution in [0, 0.1) is 12.3 Å². The molecule has 1 fully saturated rings. The van der Waals surface area contributed by atoms with Crippen molar-refractivity contribution in [1.29, 1.82) is 0 Å². The first-order valence-corrected chi connectivity index (χ1v) is 8.86. The van der Waals surface area contributed by atoms with Gasteiger partial charge >= 0.3 is 0 Å². The van der Waals surface area contributed by atoms with Crippen molar-refractivity contribution in [2.45, 2.75) is 59.4 Å². The van der Waals surface area contributed by atoms with Gasteiger partial charge in [0.25, 0.3) is 0 Å². The molecule has 0 aromatic heterocycles. The molecular formula is C21H33N3O. The lowest BCUT2D eigenvalue weighted by molar-refractivity contribution is -0.114. The highest BCUT2D eigenvalue weighted by atomic mass is 16.1. The molecule has 0 aromatic rings. The Balaban J connectivity index is 0.00000101. The number of aliphatic imine (C=N–C) groups is 1. The maximum absolute atomic E-state index is 11.3. The number of nitrogens with zero attached hydrogens (tertiary/aromatic N) is 2. The van der Waals surface area contributed by atoms with Crippen LogP contribution in [0.25, 0.3) is 0 Å². The molecule has 2 N–H and O–H groups in total. The lowest BCUT2D eigenvalue weighted by Gasteiger charge is -2.28. The number of allylic oxidation sites excluding steroid dienone is 4. The van der Waals surface area contributed by atoms with Crippen molar-refractivity contribution in [2.24, 2.45) is 10.7 Å². The van der Waals surface area contributed by atoms with Crippen LogP contribution in [-0.4, -0.2) is 36.7 Å². The van der Waals surface area contributed by atoms with Gasteiger partial charge in [-0.05, 0) is 52.7 Å². The molecule has 25 heavy (non-hydrogen) atoms. The Morgan fingerprint density at radius 2 is 2.12 bits per heavy atom. The maximum Gasteiger partial charge on any atom is 0.246 e. The molecule has 4 nitrogen and oxygen atoms in total. The van der Waals surface area contributed by atoms with Crippen molar-refractivity contribution in [2.75, 3.05) is 13.6 Å². The summed E-state index contributed by atoms with van der Waals surface area (Å²) in [4.78, 5) is 17.3. The topological polar surface area (TPSA) is 58.7 Å². The smallest absolute Gasteiger partial charge is 0.246 e. The number of carbonyl (C=O) groups excluding carboxylic acids is 1. The van der Waals surface area contributed by atoms with Gasteiger partial charge in [-0.25, -0.2) is 0 Å². The van der Waals surface area contributed by atoms with Crippen LogP contribution in [0.4, 0.5) is 0 Å². The van der Waals surface area contributed by atoms with Crippen LogP contribution in [0.2, 0.25) is 0 Å². The van der Waals surface area contributed by atoms with Gasteiger partial charge in [0.05, 0.1) is 6.04 Å². The summed E-state index contributed by atoms with van der Waals surface area (Å²) >= 11 is 0. The standard InChI is InChI=1S/C17H24N2O.C4H9N/c1-5-7-8-10-15(6-2)16-11-9-12-19(16)14(4)13(3)17(18)20;1-3-4-5-2/h2,5,7,10,16H,8-9,11-12H2,1,3-4H3,(H2,18,20);4H,3H2,1-2H3/b7-5-,14-13-,15-10+;. The molecule has 0 saturated carbocycles. The molecule has 1 rings (SSSR count). The fourth-order valence-electron chi connectivity index (χ4n) is 2.69. The first-order chi connectivity index (χ1) is 11.9. The number of primary amides is 1. The molecule has 1 amide bonds. The first-order valence-electron chi connectivity index (χ1n) is 8.86. The normalized spacial score (nSPS) is 18.8. The predicted octanol–water partition coefficient (Wildman–Crippen LogP) is 3.85. The molecule has 0 aromatic carbocycles. The van der Waals surface area contributed by atoms with E-state index < -0.39 is 0 Å². The molecule has 1 heterocycles. The quantitative estimate of drug-likeness (QED) is 0.345. The molecule has 0 spiro atoms. The average Bonchev–Trinajstić information content (AvgIpc) is 3.08. The Labute approximate surface area is 153 Å². The lowest BCUT2D eigenvalue weighted by atomic mass is 10.0. The molecule has 1 saturated heterocycles. The second-order valence-electron chi connectivity index (χ2n) is 5.88. The molecule has 0 aliphatic carbocycles. The molecule has 1 aliphatic heterocycles. The summed E-state index contributed by atoms with van der Waals surface area (Å²) in [6.07, 6.45) is 17.7. The monoisotopic (exact) mass is 343 g/mol. The van der Waals surface area contributed by atoms with Crippen LogP contribution in [0.3, 0.4) is 0 Å². The van der Waals surface area contributed by atoms with E-state index in [1.807, 2.05) is 26.1 Å². The van der Waals surface area contributed by atoms with Crippen LogP contribution >= 0.6 is 0 Å². The van der Waals surface area contributed by atoms with E-state index in [2.05, 4.69) is 34.9 Å². The largest absolute Gasteiger partial charge is 0.367 e. The fraction of sp³-hybridized carbons (Fsp3) is 0.524. The van der Waals surface area contributed by atoms with Crippen molar-refractivity contribution in [1.82, 2.24) is 4.90 Å². The van der Waals surface area contributed by atoms with Gasteiger partial charge in [-0.3, -0.25) is 4.79 Å². The zero-order chi connectivity index (χ0) is 19.2. The Morgan fingerprint density at radius 3 is 2.56 bits per heavy atom. The highest BCUT2D eigenvalue weighted by Gasteiger charge is 2.28. The summed E-state index contributed by atoms with van der Waals surface area (Å²) < 4.78 is 0. The first kappa shape index (κ1) is 22.7. The molecule has 1 atom stereocenters. The molecule has 0 radical (unpaired) electrons. The number of rotatable bonds is 6. The minimum atomic E-state index is -0.367. The third kappa shape index (κ3) is 7.89. The lowest BCUT2D eigenvalue weighted by Crippen LogP contribution is -2.31. The van der Waals surface area contributed by atoms with Gasteiger partial charge in [-0.15, -0.1) is 6.42 Å². The molecular weight excluding hydrogens is 310 g/mol. The Morgan fingerprint density at radius 1 is 1.44 bits per heavy atom. The molecule has 0 bridgehead atoms. The SMILES string of the molecule is C#C/C(=C\C/C=C\C)C1CCCN1/C(C)=C(/C)C(N)=O.CCC=NC. The Kier molecular flexibility index (Phi) is 11.9. The van der Waals surface area contributed by atoms with Crippen molar-refractivity contribution in [3.63, 3.8) is 0 Å². The van der Waals surface area contributed by atoms with Crippen LogP contribution < -0.4 is 5.73 Å². The van der Waals surface area contributed by atoms with Gasteiger partial charge < -0.3 is 15.6 Å². The van der Waals surface area contributed by atoms with E-state index in [-0.39, 0.29) is 11.9 Å². The number of hydrogen-bond acceptors (Lipinski definition) is 3. The minimum absolute atomic E-state index is 0.194. The van der Waals surface area contributed by atoms with E-state index in [0.717, 1.165) is 43.5 Å². The summed E-state index contributed by atoms with van der Waals surface area (Å²) in [5.41, 5.74) is 7.92. The van der Waals surface area contributed by atoms with Crippen molar-refractivity contribution >= 4 is 12.1 Å². The van der Waals surface area contributed by atoms with E-state index in [1.54, 1.807) is 14.0 Å². The summed E-state index contributed by atoms with van der Waals surface area (Å²) in [6, 6.07) is 0.194. The van der Waals surface area contributed by atoms with Crippen LogP contribution in [-0.2, 0) is 4.79 Å². The summed E-state index contributed by atoms with van der Waals surface area (Å²) in [5.74, 6) is 2.44. The number of likely N-dealkylation sites (tertiary alicyclic amines) is 1. The van der Waals surface area contributed by atoms with Crippen molar-refractivity contribution < 1.29 is 4.79 Å². The third-order valence-corrected chi connectivity index (χ3v) is 4.20.